The molecule has 1 aromatic carbocycles. The van der Waals surface area contributed by atoms with Crippen LogP contribution in [0.3, 0.4) is 0 Å². The van der Waals surface area contributed by atoms with Crippen LogP contribution >= 0.6 is 0 Å². The molecule has 0 unspecified atom stereocenters. The lowest BCUT2D eigenvalue weighted by Crippen LogP contribution is -2.20. The highest BCUT2D eigenvalue weighted by Crippen LogP contribution is 2.44. The molecule has 0 spiro atoms. The summed E-state index contributed by atoms with van der Waals surface area (Å²) < 4.78 is 0. The van der Waals surface area contributed by atoms with Gasteiger partial charge in [0.05, 0.1) is 23.5 Å². The Hall–Kier alpha value is -2.39. The smallest absolute Gasteiger partial charge is 0.0927 e. The number of allylic oxidation sites excluding steroid dienone is 3. The molecule has 3 nitrogen and oxygen atoms in total. The van der Waals surface area contributed by atoms with E-state index in [-0.39, 0.29) is 0 Å². The molecule has 2 aromatic rings. The van der Waals surface area contributed by atoms with Crippen molar-refractivity contribution in [2.24, 2.45) is 5.73 Å². The van der Waals surface area contributed by atoms with Crippen molar-refractivity contribution in [2.75, 3.05) is 0 Å². The van der Waals surface area contributed by atoms with E-state index in [1.165, 1.54) is 33.4 Å². The number of fused-ring (bicyclic) bond motifs is 4. The maximum absolute atomic E-state index is 5.86. The Morgan fingerprint density at radius 3 is 2.77 bits per heavy atom. The Bertz CT molecular complexity index is 979. The van der Waals surface area contributed by atoms with Crippen molar-refractivity contribution in [2.45, 2.75) is 53.1 Å². The van der Waals surface area contributed by atoms with Gasteiger partial charge in [-0.15, -0.1) is 0 Å². The largest absolute Gasteiger partial charge is 0.335 e. The second kappa shape index (κ2) is 6.40. The predicted octanol–water partition coefficient (Wildman–Crippen LogP) is 5.06. The van der Waals surface area contributed by atoms with E-state index in [0.717, 1.165) is 48.3 Å². The fourth-order valence-corrected chi connectivity index (χ4v) is 4.36. The van der Waals surface area contributed by atoms with E-state index in [4.69, 9.17) is 10.7 Å². The number of benzene rings is 1. The summed E-state index contributed by atoms with van der Waals surface area (Å²) in [6.07, 6.45) is 5.52. The van der Waals surface area contributed by atoms with E-state index in [1.807, 2.05) is 0 Å². The molecular weight excluding hydrogens is 318 g/mol. The number of aryl methyl sites for hydroxylation is 1. The lowest BCUT2D eigenvalue weighted by Gasteiger charge is -2.29. The van der Waals surface area contributed by atoms with Crippen molar-refractivity contribution < 1.29 is 0 Å². The SMILES string of the molecule is C=C1C(CCC)=C(C)C=C2c3nc4ccc(CN)cc4c(CC)c3CN12. The average molecular weight is 345 g/mol. The summed E-state index contributed by atoms with van der Waals surface area (Å²) in [6, 6.07) is 6.42. The Morgan fingerprint density at radius 2 is 2.08 bits per heavy atom. The van der Waals surface area contributed by atoms with E-state index < -0.39 is 0 Å². The molecular formula is C23H27N3. The molecule has 3 heterocycles. The first kappa shape index (κ1) is 17.0. The molecule has 0 aliphatic carbocycles. The Balaban J connectivity index is 1.93. The van der Waals surface area contributed by atoms with Gasteiger partial charge in [-0.1, -0.05) is 32.9 Å². The molecule has 1 aromatic heterocycles. The fourth-order valence-electron chi connectivity index (χ4n) is 4.36. The third-order valence-corrected chi connectivity index (χ3v) is 5.71. The first-order chi connectivity index (χ1) is 12.6. The van der Waals surface area contributed by atoms with Crippen LogP contribution in [0.25, 0.3) is 16.6 Å². The molecule has 3 heteroatoms. The van der Waals surface area contributed by atoms with Crippen LogP contribution in [0.2, 0.25) is 0 Å². The van der Waals surface area contributed by atoms with Crippen molar-refractivity contribution in [3.8, 4) is 0 Å². The Kier molecular flexibility index (Phi) is 4.20. The summed E-state index contributed by atoms with van der Waals surface area (Å²) in [4.78, 5) is 7.41. The summed E-state index contributed by atoms with van der Waals surface area (Å²) in [7, 11) is 0. The normalized spacial score (nSPS) is 16.2. The van der Waals surface area contributed by atoms with Gasteiger partial charge in [0.2, 0.25) is 0 Å². The molecule has 0 saturated heterocycles. The zero-order valence-corrected chi connectivity index (χ0v) is 16.0. The second-order valence-electron chi connectivity index (χ2n) is 7.30. The molecule has 2 aliphatic rings. The molecule has 0 atom stereocenters. The summed E-state index contributed by atoms with van der Waals surface area (Å²) >= 11 is 0. The van der Waals surface area contributed by atoms with E-state index in [0.29, 0.717) is 6.54 Å². The number of pyridine rings is 1. The first-order valence-electron chi connectivity index (χ1n) is 9.62. The average Bonchev–Trinajstić information content (AvgIpc) is 3.01. The molecule has 4 rings (SSSR count). The number of aromatic nitrogens is 1. The quantitative estimate of drug-likeness (QED) is 0.842. The minimum absolute atomic E-state index is 0.563. The van der Waals surface area contributed by atoms with Crippen molar-refractivity contribution in [3.05, 3.63) is 70.1 Å². The Labute approximate surface area is 155 Å². The van der Waals surface area contributed by atoms with Gasteiger partial charge < -0.3 is 10.6 Å². The lowest BCUT2D eigenvalue weighted by molar-refractivity contribution is 0.504. The second-order valence-corrected chi connectivity index (χ2v) is 7.30. The van der Waals surface area contributed by atoms with Crippen molar-refractivity contribution in [1.82, 2.24) is 9.88 Å². The standard InChI is InChI=1S/C23H27N3/c1-5-7-18-14(3)10-22-23-20(13-26(22)15(18)4)17(6-2)19-11-16(12-24)8-9-21(19)25-23/h8-11H,4-7,12-13,24H2,1-3H3. The van der Waals surface area contributed by atoms with Crippen LogP contribution in [-0.2, 0) is 19.5 Å². The molecule has 0 fully saturated rings. The maximum atomic E-state index is 5.86. The summed E-state index contributed by atoms with van der Waals surface area (Å²) in [5.41, 5.74) is 17.0. The minimum Gasteiger partial charge on any atom is -0.335 e. The van der Waals surface area contributed by atoms with Gasteiger partial charge in [-0.25, -0.2) is 4.98 Å². The van der Waals surface area contributed by atoms with Crippen LogP contribution in [0.5, 0.6) is 0 Å². The molecule has 2 aliphatic heterocycles. The monoisotopic (exact) mass is 345 g/mol. The Morgan fingerprint density at radius 1 is 1.27 bits per heavy atom. The van der Waals surface area contributed by atoms with Gasteiger partial charge in [0, 0.05) is 23.2 Å². The van der Waals surface area contributed by atoms with E-state index in [2.05, 4.69) is 56.5 Å². The molecule has 0 radical (unpaired) electrons. The minimum atomic E-state index is 0.563. The van der Waals surface area contributed by atoms with E-state index in [9.17, 15) is 0 Å². The van der Waals surface area contributed by atoms with Crippen LogP contribution < -0.4 is 5.73 Å². The van der Waals surface area contributed by atoms with Crippen LogP contribution in [0.4, 0.5) is 0 Å². The van der Waals surface area contributed by atoms with Gasteiger partial charge in [0.15, 0.2) is 0 Å². The number of nitrogens with two attached hydrogens (primary N) is 1. The van der Waals surface area contributed by atoms with Gasteiger partial charge in [0.1, 0.15) is 0 Å². The van der Waals surface area contributed by atoms with Gasteiger partial charge in [-0.3, -0.25) is 0 Å². The van der Waals surface area contributed by atoms with Crippen LogP contribution in [0.15, 0.2) is 47.7 Å². The number of nitrogens with zero attached hydrogens (tertiary/aromatic N) is 2. The molecule has 0 saturated carbocycles. The number of hydrogen-bond donors (Lipinski definition) is 1. The van der Waals surface area contributed by atoms with Gasteiger partial charge in [0.25, 0.3) is 0 Å². The third kappa shape index (κ3) is 2.42. The highest BCUT2D eigenvalue weighted by atomic mass is 15.2. The first-order valence-corrected chi connectivity index (χ1v) is 9.62. The molecule has 26 heavy (non-hydrogen) atoms. The maximum Gasteiger partial charge on any atom is 0.0927 e. The van der Waals surface area contributed by atoms with Crippen LogP contribution in [0.1, 0.15) is 56.0 Å². The predicted molar refractivity (Wildman–Crippen MR) is 109 cm³/mol. The highest BCUT2D eigenvalue weighted by Gasteiger charge is 2.33. The van der Waals surface area contributed by atoms with Crippen LogP contribution in [-0.4, -0.2) is 9.88 Å². The van der Waals surface area contributed by atoms with Gasteiger partial charge in [-0.2, -0.15) is 0 Å². The van der Waals surface area contributed by atoms with E-state index >= 15 is 0 Å². The topological polar surface area (TPSA) is 42.1 Å². The zero-order chi connectivity index (χ0) is 18.4. The number of rotatable bonds is 4. The van der Waals surface area contributed by atoms with Crippen molar-refractivity contribution >= 4 is 16.6 Å². The van der Waals surface area contributed by atoms with Crippen LogP contribution in [0, 0.1) is 0 Å². The summed E-state index contributed by atoms with van der Waals surface area (Å²) in [5.74, 6) is 0. The lowest BCUT2D eigenvalue weighted by atomic mass is 9.96. The highest BCUT2D eigenvalue weighted by molar-refractivity contribution is 5.89. The summed E-state index contributed by atoms with van der Waals surface area (Å²) in [6.45, 7) is 12.5. The number of hydrogen-bond acceptors (Lipinski definition) is 3. The fraction of sp³-hybridized carbons (Fsp3) is 0.348. The molecule has 2 N–H and O–H groups in total. The van der Waals surface area contributed by atoms with Crippen molar-refractivity contribution in [3.63, 3.8) is 0 Å². The van der Waals surface area contributed by atoms with Crippen molar-refractivity contribution in [1.29, 1.82) is 0 Å². The van der Waals surface area contributed by atoms with E-state index in [1.54, 1.807) is 0 Å². The third-order valence-electron chi connectivity index (χ3n) is 5.71. The zero-order valence-electron chi connectivity index (χ0n) is 16.0. The van der Waals surface area contributed by atoms with Gasteiger partial charge >= 0.3 is 0 Å². The molecule has 0 bridgehead atoms. The molecule has 134 valence electrons. The van der Waals surface area contributed by atoms with Gasteiger partial charge in [-0.05, 0) is 60.2 Å². The molecule has 0 amide bonds. The summed E-state index contributed by atoms with van der Waals surface area (Å²) in [5, 5.41) is 1.25.